The van der Waals surface area contributed by atoms with Crippen molar-refractivity contribution in [1.29, 1.82) is 0 Å². The minimum Gasteiger partial charge on any atom is -0.497 e. The Morgan fingerprint density at radius 2 is 1.90 bits per heavy atom. The summed E-state index contributed by atoms with van der Waals surface area (Å²) < 4.78 is 11.2. The lowest BCUT2D eigenvalue weighted by Crippen LogP contribution is -1.85. The number of furan rings is 1. The lowest BCUT2D eigenvalue weighted by atomic mass is 10.1. The van der Waals surface area contributed by atoms with Crippen LogP contribution in [0.3, 0.4) is 0 Å². The van der Waals surface area contributed by atoms with Crippen LogP contribution in [0.15, 0.2) is 46.9 Å². The smallest absolute Gasteiger partial charge is 0.161 e. The molecule has 20 heavy (non-hydrogen) atoms. The molecular formula is C16H10ClNO2. The first kappa shape index (κ1) is 11.6. The van der Waals surface area contributed by atoms with Crippen molar-refractivity contribution < 1.29 is 9.15 Å². The molecule has 2 aromatic heterocycles. The number of nitrogens with zero attached hydrogens (tertiary/aromatic N) is 1. The van der Waals surface area contributed by atoms with Gasteiger partial charge in [0, 0.05) is 16.2 Å². The third-order valence-electron chi connectivity index (χ3n) is 3.47. The summed E-state index contributed by atoms with van der Waals surface area (Å²) in [4.78, 5) is 4.48. The van der Waals surface area contributed by atoms with Crippen molar-refractivity contribution in [3.05, 3.63) is 47.6 Å². The molecule has 0 fully saturated rings. The molecule has 2 aromatic carbocycles. The molecule has 0 aliphatic heterocycles. The fraction of sp³-hybridized carbons (Fsp3) is 0.0625. The summed E-state index contributed by atoms with van der Waals surface area (Å²) in [5.41, 5.74) is 2.37. The highest BCUT2D eigenvalue weighted by molar-refractivity contribution is 6.36. The number of para-hydroxylation sites is 1. The fourth-order valence-electron chi connectivity index (χ4n) is 2.50. The number of aromatic nitrogens is 1. The molecule has 0 amide bonds. The summed E-state index contributed by atoms with van der Waals surface area (Å²) >= 11 is 6.31. The minimum atomic E-state index is 0.456. The maximum absolute atomic E-state index is 6.31. The summed E-state index contributed by atoms with van der Waals surface area (Å²) in [6.07, 6.45) is 0. The van der Waals surface area contributed by atoms with Crippen LogP contribution >= 0.6 is 11.6 Å². The highest BCUT2D eigenvalue weighted by atomic mass is 35.5. The average molecular weight is 284 g/mol. The van der Waals surface area contributed by atoms with E-state index in [9.17, 15) is 0 Å². The van der Waals surface area contributed by atoms with Crippen LogP contribution in [0.2, 0.25) is 5.15 Å². The van der Waals surface area contributed by atoms with Gasteiger partial charge in [0.1, 0.15) is 22.0 Å². The molecule has 0 saturated carbocycles. The zero-order chi connectivity index (χ0) is 13.7. The molecule has 0 aliphatic carbocycles. The van der Waals surface area contributed by atoms with E-state index >= 15 is 0 Å². The predicted octanol–water partition coefficient (Wildman–Crippen LogP) is 4.80. The second-order valence-electron chi connectivity index (χ2n) is 4.59. The van der Waals surface area contributed by atoms with E-state index in [1.54, 1.807) is 7.11 Å². The van der Waals surface area contributed by atoms with Crippen molar-refractivity contribution in [2.75, 3.05) is 7.11 Å². The van der Waals surface area contributed by atoms with Gasteiger partial charge in [-0.1, -0.05) is 23.7 Å². The number of hydrogen-bond acceptors (Lipinski definition) is 3. The first-order chi connectivity index (χ1) is 9.78. The van der Waals surface area contributed by atoms with E-state index in [0.29, 0.717) is 5.15 Å². The molecule has 98 valence electrons. The molecule has 0 atom stereocenters. The monoisotopic (exact) mass is 283 g/mol. The van der Waals surface area contributed by atoms with Crippen LogP contribution in [0.25, 0.3) is 32.8 Å². The number of pyridine rings is 1. The minimum absolute atomic E-state index is 0.456. The Labute approximate surface area is 119 Å². The summed E-state index contributed by atoms with van der Waals surface area (Å²) in [6, 6.07) is 13.5. The summed E-state index contributed by atoms with van der Waals surface area (Å²) in [5, 5.41) is 3.20. The van der Waals surface area contributed by atoms with Gasteiger partial charge in [-0.15, -0.1) is 0 Å². The Kier molecular flexibility index (Phi) is 2.38. The van der Waals surface area contributed by atoms with Crippen LogP contribution in [0.5, 0.6) is 5.75 Å². The van der Waals surface area contributed by atoms with Crippen LogP contribution in [-0.2, 0) is 0 Å². The Morgan fingerprint density at radius 1 is 1.05 bits per heavy atom. The molecule has 0 N–H and O–H groups in total. The largest absolute Gasteiger partial charge is 0.497 e. The van der Waals surface area contributed by atoms with Gasteiger partial charge in [-0.05, 0) is 30.3 Å². The van der Waals surface area contributed by atoms with Crippen LogP contribution in [0, 0.1) is 0 Å². The molecule has 0 unspecified atom stereocenters. The molecule has 2 heterocycles. The van der Waals surface area contributed by atoms with Gasteiger partial charge in [-0.3, -0.25) is 0 Å². The normalized spacial score (nSPS) is 11.5. The van der Waals surface area contributed by atoms with E-state index in [0.717, 1.165) is 38.6 Å². The van der Waals surface area contributed by atoms with Gasteiger partial charge >= 0.3 is 0 Å². The summed E-state index contributed by atoms with van der Waals surface area (Å²) in [5.74, 6) is 0.747. The Balaban J connectivity index is 2.23. The van der Waals surface area contributed by atoms with E-state index in [-0.39, 0.29) is 0 Å². The van der Waals surface area contributed by atoms with Crippen LogP contribution < -0.4 is 4.74 Å². The second kappa shape index (κ2) is 4.12. The molecular weight excluding hydrogens is 274 g/mol. The third-order valence-corrected chi connectivity index (χ3v) is 3.76. The lowest BCUT2D eigenvalue weighted by Gasteiger charge is -2.04. The van der Waals surface area contributed by atoms with Gasteiger partial charge in [-0.2, -0.15) is 0 Å². The number of methoxy groups -OCH3 is 1. The molecule has 3 nitrogen and oxygen atoms in total. The van der Waals surface area contributed by atoms with Crippen molar-refractivity contribution in [1.82, 2.24) is 4.98 Å². The van der Waals surface area contributed by atoms with E-state index in [2.05, 4.69) is 4.98 Å². The van der Waals surface area contributed by atoms with Crippen molar-refractivity contribution in [3.63, 3.8) is 0 Å². The quantitative estimate of drug-likeness (QED) is 0.471. The molecule has 0 radical (unpaired) electrons. The number of ether oxygens (including phenoxy) is 1. The van der Waals surface area contributed by atoms with E-state index in [1.165, 1.54) is 0 Å². The van der Waals surface area contributed by atoms with Gasteiger partial charge in [0.2, 0.25) is 0 Å². The van der Waals surface area contributed by atoms with Crippen molar-refractivity contribution in [3.8, 4) is 5.75 Å². The number of fused-ring (bicyclic) bond motifs is 5. The van der Waals surface area contributed by atoms with E-state index < -0.39 is 0 Å². The first-order valence-corrected chi connectivity index (χ1v) is 6.60. The topological polar surface area (TPSA) is 35.3 Å². The number of halogens is 1. The zero-order valence-corrected chi connectivity index (χ0v) is 11.4. The lowest BCUT2D eigenvalue weighted by molar-refractivity contribution is 0.415. The number of benzene rings is 2. The third kappa shape index (κ3) is 1.50. The highest BCUT2D eigenvalue weighted by Gasteiger charge is 2.14. The van der Waals surface area contributed by atoms with E-state index in [4.69, 9.17) is 20.8 Å². The van der Waals surface area contributed by atoms with Crippen LogP contribution in [0.4, 0.5) is 0 Å². The van der Waals surface area contributed by atoms with E-state index in [1.807, 2.05) is 42.5 Å². The average Bonchev–Trinajstić information content (AvgIpc) is 2.86. The molecule has 4 rings (SSSR count). The Bertz CT molecular complexity index is 959. The van der Waals surface area contributed by atoms with Gasteiger partial charge in [-0.25, -0.2) is 4.98 Å². The molecule has 0 bridgehead atoms. The Hall–Kier alpha value is -2.26. The molecule has 0 spiro atoms. The molecule has 4 aromatic rings. The molecule has 0 saturated heterocycles. The number of hydrogen-bond donors (Lipinski definition) is 0. The highest BCUT2D eigenvalue weighted by Crippen LogP contribution is 2.36. The summed E-state index contributed by atoms with van der Waals surface area (Å²) in [7, 11) is 1.63. The molecule has 0 aliphatic rings. The van der Waals surface area contributed by atoms with Gasteiger partial charge in [0.15, 0.2) is 5.58 Å². The van der Waals surface area contributed by atoms with Crippen molar-refractivity contribution >= 4 is 44.4 Å². The van der Waals surface area contributed by atoms with Crippen molar-refractivity contribution in [2.24, 2.45) is 0 Å². The van der Waals surface area contributed by atoms with Crippen LogP contribution in [0.1, 0.15) is 0 Å². The standard InChI is InChI=1S/C16H10ClNO2/c1-19-9-6-7-10-12(8-9)16(17)18-14-11-4-2-3-5-13(11)20-15(10)14/h2-8H,1H3. The van der Waals surface area contributed by atoms with Gasteiger partial charge in [0.05, 0.1) is 7.11 Å². The number of rotatable bonds is 1. The fourth-order valence-corrected chi connectivity index (χ4v) is 2.74. The second-order valence-corrected chi connectivity index (χ2v) is 4.95. The summed E-state index contributed by atoms with van der Waals surface area (Å²) in [6.45, 7) is 0. The first-order valence-electron chi connectivity index (χ1n) is 6.22. The van der Waals surface area contributed by atoms with Gasteiger partial charge < -0.3 is 9.15 Å². The molecule has 4 heteroatoms. The van der Waals surface area contributed by atoms with Crippen LogP contribution in [-0.4, -0.2) is 12.1 Å². The Morgan fingerprint density at radius 3 is 2.75 bits per heavy atom. The van der Waals surface area contributed by atoms with Crippen molar-refractivity contribution in [2.45, 2.75) is 0 Å². The maximum atomic E-state index is 6.31. The van der Waals surface area contributed by atoms with Gasteiger partial charge in [0.25, 0.3) is 0 Å². The zero-order valence-electron chi connectivity index (χ0n) is 10.7. The SMILES string of the molecule is COc1ccc2c(c1)c(Cl)nc1c3ccccc3oc21. The maximum Gasteiger partial charge on any atom is 0.161 e. The predicted molar refractivity (Wildman–Crippen MR) is 80.6 cm³/mol.